The Bertz CT molecular complexity index is 427. The molecule has 3 nitrogen and oxygen atoms in total. The van der Waals surface area contributed by atoms with Crippen LogP contribution >= 0.6 is 0 Å². The second-order valence-electron chi connectivity index (χ2n) is 3.65. The molecule has 1 atom stereocenters. The summed E-state index contributed by atoms with van der Waals surface area (Å²) < 4.78 is 13.1. The number of halogens is 1. The molecule has 1 aromatic rings. The number of hydrogen-bond donors (Lipinski definition) is 0. The lowest BCUT2D eigenvalue weighted by molar-refractivity contribution is 0.547. The second-order valence-corrected chi connectivity index (χ2v) is 3.65. The first-order chi connectivity index (χ1) is 7.22. The van der Waals surface area contributed by atoms with Crippen molar-refractivity contribution in [3.05, 3.63) is 29.6 Å². The second kappa shape index (κ2) is 3.83. The maximum Gasteiger partial charge on any atom is 0.235 e. The van der Waals surface area contributed by atoms with Gasteiger partial charge in [-0.25, -0.2) is 9.18 Å². The molecular weight excluding hydrogens is 195 g/mol. The van der Waals surface area contributed by atoms with Crippen molar-refractivity contribution in [2.24, 2.45) is 4.99 Å². The Balaban J connectivity index is 2.50. The minimum atomic E-state index is -0.296. The lowest BCUT2D eigenvalue weighted by Gasteiger charge is -2.30. The maximum atomic E-state index is 13.1. The zero-order valence-electron chi connectivity index (χ0n) is 8.40. The lowest BCUT2D eigenvalue weighted by atomic mass is 9.97. The first kappa shape index (κ1) is 9.87. The molecule has 1 aromatic carbocycles. The van der Waals surface area contributed by atoms with Crippen molar-refractivity contribution in [3.63, 3.8) is 0 Å². The van der Waals surface area contributed by atoms with Crippen LogP contribution in [0.1, 0.15) is 18.0 Å². The van der Waals surface area contributed by atoms with E-state index in [1.165, 1.54) is 12.1 Å². The van der Waals surface area contributed by atoms with E-state index >= 15 is 0 Å². The van der Waals surface area contributed by atoms with Gasteiger partial charge < -0.3 is 4.90 Å². The molecule has 0 fully saturated rings. The number of hydrogen-bond acceptors (Lipinski definition) is 3. The zero-order valence-corrected chi connectivity index (χ0v) is 8.40. The van der Waals surface area contributed by atoms with Crippen molar-refractivity contribution in [2.45, 2.75) is 12.5 Å². The van der Waals surface area contributed by atoms with E-state index in [0.29, 0.717) is 0 Å². The summed E-state index contributed by atoms with van der Waals surface area (Å²) in [6, 6.07) is 4.33. The molecule has 2 rings (SSSR count). The third-order valence-corrected chi connectivity index (χ3v) is 2.71. The number of isocyanates is 1. The number of benzene rings is 1. The van der Waals surface area contributed by atoms with Gasteiger partial charge in [-0.05, 0) is 24.6 Å². The van der Waals surface area contributed by atoms with Crippen LogP contribution in [0, 0.1) is 5.82 Å². The average molecular weight is 206 g/mol. The highest BCUT2D eigenvalue weighted by molar-refractivity contribution is 5.57. The van der Waals surface area contributed by atoms with Crippen molar-refractivity contribution < 1.29 is 9.18 Å². The highest BCUT2D eigenvalue weighted by Crippen LogP contribution is 2.35. The fraction of sp³-hybridized carbons (Fsp3) is 0.364. The van der Waals surface area contributed by atoms with Crippen LogP contribution in [0.3, 0.4) is 0 Å². The van der Waals surface area contributed by atoms with Crippen LogP contribution in [0.2, 0.25) is 0 Å². The van der Waals surface area contributed by atoms with Gasteiger partial charge in [0.25, 0.3) is 0 Å². The third kappa shape index (κ3) is 1.76. The van der Waals surface area contributed by atoms with Crippen molar-refractivity contribution in [2.75, 3.05) is 18.5 Å². The molecule has 78 valence electrons. The van der Waals surface area contributed by atoms with E-state index in [-0.39, 0.29) is 11.9 Å². The number of rotatable bonds is 1. The van der Waals surface area contributed by atoms with E-state index in [2.05, 4.69) is 4.99 Å². The SMILES string of the molecule is CN1CCC(N=C=O)c2cc(F)ccc21. The van der Waals surface area contributed by atoms with Gasteiger partial charge >= 0.3 is 0 Å². The third-order valence-electron chi connectivity index (χ3n) is 2.71. The van der Waals surface area contributed by atoms with Gasteiger partial charge in [-0.1, -0.05) is 0 Å². The lowest BCUT2D eigenvalue weighted by Crippen LogP contribution is -2.26. The normalized spacial score (nSPS) is 19.3. The first-order valence-corrected chi connectivity index (χ1v) is 4.80. The Morgan fingerprint density at radius 2 is 2.40 bits per heavy atom. The summed E-state index contributed by atoms with van der Waals surface area (Å²) in [4.78, 5) is 16.0. The summed E-state index contributed by atoms with van der Waals surface area (Å²) in [6.07, 6.45) is 2.27. The van der Waals surface area contributed by atoms with Gasteiger partial charge in [0.05, 0.1) is 6.04 Å². The van der Waals surface area contributed by atoms with Crippen LogP contribution in [0.15, 0.2) is 23.2 Å². The van der Waals surface area contributed by atoms with Gasteiger partial charge in [-0.3, -0.25) is 0 Å². The molecule has 0 N–H and O–H groups in total. The smallest absolute Gasteiger partial charge is 0.235 e. The summed E-state index contributed by atoms with van der Waals surface area (Å²) >= 11 is 0. The molecule has 0 saturated heterocycles. The Morgan fingerprint density at radius 1 is 1.60 bits per heavy atom. The standard InChI is InChI=1S/C11H11FN2O/c1-14-5-4-10(13-7-15)9-6-8(12)2-3-11(9)14/h2-3,6,10H,4-5H2,1H3. The minimum absolute atomic E-state index is 0.246. The molecule has 1 aliphatic rings. The van der Waals surface area contributed by atoms with Crippen LogP contribution in [-0.4, -0.2) is 19.7 Å². The van der Waals surface area contributed by atoms with Gasteiger partial charge in [0, 0.05) is 24.8 Å². The summed E-state index contributed by atoms with van der Waals surface area (Å²) in [5, 5.41) is 0. The van der Waals surface area contributed by atoms with Crippen LogP contribution < -0.4 is 4.90 Å². The Hall–Kier alpha value is -1.67. The monoisotopic (exact) mass is 206 g/mol. The van der Waals surface area contributed by atoms with Gasteiger partial charge in [0.1, 0.15) is 5.82 Å². The minimum Gasteiger partial charge on any atom is -0.374 e. The summed E-state index contributed by atoms with van der Waals surface area (Å²) in [5.74, 6) is -0.296. The molecule has 0 radical (unpaired) electrons. The number of aliphatic imine (C=N–C) groups is 1. The molecule has 1 aliphatic heterocycles. The molecule has 0 aromatic heterocycles. The van der Waals surface area contributed by atoms with E-state index in [9.17, 15) is 9.18 Å². The summed E-state index contributed by atoms with van der Waals surface area (Å²) in [6.45, 7) is 0.814. The van der Waals surface area contributed by atoms with Crippen molar-refractivity contribution >= 4 is 11.8 Å². The highest BCUT2D eigenvalue weighted by Gasteiger charge is 2.23. The quantitative estimate of drug-likeness (QED) is 0.520. The van der Waals surface area contributed by atoms with E-state index < -0.39 is 0 Å². The fourth-order valence-electron chi connectivity index (χ4n) is 1.93. The maximum absolute atomic E-state index is 13.1. The zero-order chi connectivity index (χ0) is 10.8. The first-order valence-electron chi connectivity index (χ1n) is 4.80. The van der Waals surface area contributed by atoms with Crippen LogP contribution in [0.5, 0.6) is 0 Å². The molecule has 0 spiro atoms. The molecule has 0 saturated carbocycles. The Labute approximate surface area is 87.2 Å². The number of anilines is 1. The number of fused-ring (bicyclic) bond motifs is 1. The molecule has 1 unspecified atom stereocenters. The molecule has 4 heteroatoms. The van der Waals surface area contributed by atoms with E-state index in [0.717, 1.165) is 24.2 Å². The van der Waals surface area contributed by atoms with Crippen LogP contribution in [0.25, 0.3) is 0 Å². The predicted octanol–water partition coefficient (Wildman–Crippen LogP) is 2.04. The molecule has 0 aliphatic carbocycles. The Kier molecular flexibility index (Phi) is 2.52. The van der Waals surface area contributed by atoms with Crippen LogP contribution in [-0.2, 0) is 4.79 Å². The predicted molar refractivity (Wildman–Crippen MR) is 55.1 cm³/mol. The van der Waals surface area contributed by atoms with Gasteiger partial charge in [-0.15, -0.1) is 0 Å². The van der Waals surface area contributed by atoms with Crippen molar-refractivity contribution in [1.29, 1.82) is 0 Å². The fourth-order valence-corrected chi connectivity index (χ4v) is 1.93. The molecule has 15 heavy (non-hydrogen) atoms. The molecule has 0 bridgehead atoms. The van der Waals surface area contributed by atoms with Gasteiger partial charge in [0.2, 0.25) is 6.08 Å². The van der Waals surface area contributed by atoms with Crippen LogP contribution in [0.4, 0.5) is 10.1 Å². The molecule has 0 amide bonds. The largest absolute Gasteiger partial charge is 0.374 e. The summed E-state index contributed by atoms with van der Waals surface area (Å²) in [7, 11) is 1.94. The van der Waals surface area contributed by atoms with Crippen molar-refractivity contribution in [1.82, 2.24) is 0 Å². The highest BCUT2D eigenvalue weighted by atomic mass is 19.1. The van der Waals surface area contributed by atoms with Crippen molar-refractivity contribution in [3.8, 4) is 0 Å². The summed E-state index contributed by atoms with van der Waals surface area (Å²) in [5.41, 5.74) is 1.71. The van der Waals surface area contributed by atoms with E-state index in [1.54, 1.807) is 12.1 Å². The number of carbonyl (C=O) groups excluding carboxylic acids is 1. The Morgan fingerprint density at radius 3 is 3.13 bits per heavy atom. The molecular formula is C11H11FN2O. The average Bonchev–Trinajstić information content (AvgIpc) is 2.22. The van der Waals surface area contributed by atoms with Gasteiger partial charge in [-0.2, -0.15) is 4.99 Å². The van der Waals surface area contributed by atoms with E-state index in [4.69, 9.17) is 0 Å². The molecule has 1 heterocycles. The van der Waals surface area contributed by atoms with Gasteiger partial charge in [0.15, 0.2) is 0 Å². The van der Waals surface area contributed by atoms with E-state index in [1.807, 2.05) is 11.9 Å². The number of nitrogens with zero attached hydrogens (tertiary/aromatic N) is 2. The topological polar surface area (TPSA) is 32.7 Å².